The van der Waals surface area contributed by atoms with E-state index in [2.05, 4.69) is 32.0 Å². The first-order valence-corrected chi connectivity index (χ1v) is 8.78. The lowest BCUT2D eigenvalue weighted by Crippen LogP contribution is -2.52. The van der Waals surface area contributed by atoms with Crippen LogP contribution in [0.2, 0.25) is 0 Å². The van der Waals surface area contributed by atoms with Crippen LogP contribution in [0.4, 0.5) is 0 Å². The Hall–Kier alpha value is -0.820. The smallest absolute Gasteiger partial charge is 0.0637 e. The van der Waals surface area contributed by atoms with Gasteiger partial charge in [-0.2, -0.15) is 0 Å². The molecule has 1 N–H and O–H groups in total. The van der Waals surface area contributed by atoms with Crippen molar-refractivity contribution >= 4 is 0 Å². The zero-order chi connectivity index (χ0) is 14.6. The molecular formula is C20H28O. The Kier molecular flexibility index (Phi) is 3.19. The molecule has 4 fully saturated rings. The molecule has 0 aromatic heterocycles. The van der Waals surface area contributed by atoms with Crippen molar-refractivity contribution in [1.29, 1.82) is 0 Å². The molecule has 114 valence electrons. The van der Waals surface area contributed by atoms with Gasteiger partial charge in [-0.05, 0) is 87.5 Å². The van der Waals surface area contributed by atoms with Gasteiger partial charge in [0.1, 0.15) is 0 Å². The highest BCUT2D eigenvalue weighted by atomic mass is 16.3. The van der Waals surface area contributed by atoms with E-state index in [0.29, 0.717) is 0 Å². The van der Waals surface area contributed by atoms with E-state index in [4.69, 9.17) is 0 Å². The lowest BCUT2D eigenvalue weighted by atomic mass is 9.48. The maximum absolute atomic E-state index is 11.0. The standard InChI is InChI=1S/C20H28O/c1-13-3-14(2)5-15(4-13)9-19(21)20-10-16-6-17(11-20)8-18(7-16)12-20/h3-5,16-19,21H,6-12H2,1-2H3. The quantitative estimate of drug-likeness (QED) is 0.871. The minimum Gasteiger partial charge on any atom is -0.392 e. The maximum Gasteiger partial charge on any atom is 0.0637 e. The molecule has 4 saturated carbocycles. The second kappa shape index (κ2) is 4.84. The van der Waals surface area contributed by atoms with Crippen LogP contribution >= 0.6 is 0 Å². The van der Waals surface area contributed by atoms with Crippen LogP contribution in [0.15, 0.2) is 18.2 Å². The molecule has 1 atom stereocenters. The molecule has 4 aliphatic rings. The minimum atomic E-state index is -0.132. The maximum atomic E-state index is 11.0. The molecule has 0 amide bonds. The van der Waals surface area contributed by atoms with Crippen LogP contribution in [0.5, 0.6) is 0 Å². The Morgan fingerprint density at radius 3 is 1.90 bits per heavy atom. The molecular weight excluding hydrogens is 256 g/mol. The highest BCUT2D eigenvalue weighted by Crippen LogP contribution is 2.61. The van der Waals surface area contributed by atoms with Gasteiger partial charge in [0, 0.05) is 0 Å². The monoisotopic (exact) mass is 284 g/mol. The summed E-state index contributed by atoms with van der Waals surface area (Å²) in [6.07, 6.45) is 8.97. The zero-order valence-electron chi connectivity index (χ0n) is 13.4. The van der Waals surface area contributed by atoms with E-state index in [1.807, 2.05) is 0 Å². The number of aliphatic hydroxyl groups excluding tert-OH is 1. The fraction of sp³-hybridized carbons (Fsp3) is 0.700. The van der Waals surface area contributed by atoms with Gasteiger partial charge in [-0.1, -0.05) is 29.3 Å². The van der Waals surface area contributed by atoms with Crippen LogP contribution in [0.3, 0.4) is 0 Å². The van der Waals surface area contributed by atoms with Crippen molar-refractivity contribution < 1.29 is 5.11 Å². The second-order valence-electron chi connectivity index (χ2n) is 8.50. The first-order chi connectivity index (χ1) is 10.0. The molecule has 1 nitrogen and oxygen atoms in total. The van der Waals surface area contributed by atoms with Crippen molar-refractivity contribution in [2.75, 3.05) is 0 Å². The van der Waals surface area contributed by atoms with Crippen LogP contribution in [-0.2, 0) is 6.42 Å². The van der Waals surface area contributed by atoms with E-state index in [-0.39, 0.29) is 11.5 Å². The molecule has 0 saturated heterocycles. The number of hydrogen-bond donors (Lipinski definition) is 1. The predicted molar refractivity (Wildman–Crippen MR) is 86.2 cm³/mol. The van der Waals surface area contributed by atoms with E-state index < -0.39 is 0 Å². The van der Waals surface area contributed by atoms with E-state index in [1.165, 1.54) is 55.2 Å². The van der Waals surface area contributed by atoms with Crippen molar-refractivity contribution in [2.45, 2.75) is 64.9 Å². The SMILES string of the molecule is Cc1cc(C)cc(CC(O)C23CC4CC(CC(C4)C2)C3)c1. The van der Waals surface area contributed by atoms with E-state index >= 15 is 0 Å². The van der Waals surface area contributed by atoms with E-state index in [1.54, 1.807) is 0 Å². The van der Waals surface area contributed by atoms with Crippen LogP contribution in [0.25, 0.3) is 0 Å². The summed E-state index contributed by atoms with van der Waals surface area (Å²) in [7, 11) is 0. The van der Waals surface area contributed by atoms with Crippen LogP contribution in [0, 0.1) is 37.0 Å². The van der Waals surface area contributed by atoms with Crippen molar-refractivity contribution in [1.82, 2.24) is 0 Å². The van der Waals surface area contributed by atoms with Gasteiger partial charge in [-0.25, -0.2) is 0 Å². The van der Waals surface area contributed by atoms with Gasteiger partial charge in [0.2, 0.25) is 0 Å². The molecule has 0 radical (unpaired) electrons. The van der Waals surface area contributed by atoms with Crippen molar-refractivity contribution in [3.05, 3.63) is 34.9 Å². The van der Waals surface area contributed by atoms with E-state index in [0.717, 1.165) is 24.2 Å². The van der Waals surface area contributed by atoms with Crippen LogP contribution in [0.1, 0.15) is 55.2 Å². The predicted octanol–water partition coefficient (Wildman–Crippen LogP) is 4.42. The van der Waals surface area contributed by atoms with Gasteiger partial charge in [0.05, 0.1) is 6.10 Å². The summed E-state index contributed by atoms with van der Waals surface area (Å²) in [6.45, 7) is 4.32. The molecule has 0 aliphatic heterocycles. The first kappa shape index (κ1) is 13.8. The average molecular weight is 284 g/mol. The van der Waals surface area contributed by atoms with E-state index in [9.17, 15) is 5.11 Å². The zero-order valence-corrected chi connectivity index (χ0v) is 13.4. The Morgan fingerprint density at radius 2 is 1.43 bits per heavy atom. The number of aliphatic hydroxyl groups is 1. The number of rotatable bonds is 3. The normalized spacial score (nSPS) is 38.7. The molecule has 1 heteroatoms. The molecule has 5 rings (SSSR count). The van der Waals surface area contributed by atoms with Crippen LogP contribution < -0.4 is 0 Å². The third kappa shape index (κ3) is 2.44. The van der Waals surface area contributed by atoms with Gasteiger partial charge >= 0.3 is 0 Å². The van der Waals surface area contributed by atoms with Crippen LogP contribution in [-0.4, -0.2) is 11.2 Å². The topological polar surface area (TPSA) is 20.2 Å². The Bertz CT molecular complexity index is 489. The summed E-state index contributed by atoms with van der Waals surface area (Å²) in [6, 6.07) is 6.74. The highest BCUT2D eigenvalue weighted by molar-refractivity contribution is 5.29. The lowest BCUT2D eigenvalue weighted by Gasteiger charge is -2.58. The molecule has 1 aromatic rings. The first-order valence-electron chi connectivity index (χ1n) is 8.78. The fourth-order valence-corrected chi connectivity index (χ4v) is 6.21. The minimum absolute atomic E-state index is 0.132. The van der Waals surface area contributed by atoms with Crippen molar-refractivity contribution in [2.24, 2.45) is 23.2 Å². The molecule has 0 spiro atoms. The summed E-state index contributed by atoms with van der Waals surface area (Å²) in [5, 5.41) is 11.0. The third-order valence-electron chi connectivity index (χ3n) is 6.50. The van der Waals surface area contributed by atoms with Gasteiger partial charge in [-0.15, -0.1) is 0 Å². The molecule has 4 bridgehead atoms. The molecule has 21 heavy (non-hydrogen) atoms. The Morgan fingerprint density at radius 1 is 0.952 bits per heavy atom. The Balaban J connectivity index is 1.55. The number of hydrogen-bond acceptors (Lipinski definition) is 1. The summed E-state index contributed by atoms with van der Waals surface area (Å²) in [4.78, 5) is 0. The second-order valence-corrected chi connectivity index (χ2v) is 8.50. The molecule has 4 aliphatic carbocycles. The number of benzene rings is 1. The van der Waals surface area contributed by atoms with Gasteiger partial charge < -0.3 is 5.11 Å². The fourth-order valence-electron chi connectivity index (χ4n) is 6.21. The van der Waals surface area contributed by atoms with Gasteiger partial charge in [0.15, 0.2) is 0 Å². The van der Waals surface area contributed by atoms with Gasteiger partial charge in [-0.3, -0.25) is 0 Å². The summed E-state index contributed by atoms with van der Waals surface area (Å²) in [5.74, 6) is 2.76. The molecule has 0 heterocycles. The highest BCUT2D eigenvalue weighted by Gasteiger charge is 2.53. The van der Waals surface area contributed by atoms with Crippen molar-refractivity contribution in [3.63, 3.8) is 0 Å². The largest absolute Gasteiger partial charge is 0.392 e. The average Bonchev–Trinajstić information content (AvgIpc) is 2.35. The molecule has 1 unspecified atom stereocenters. The van der Waals surface area contributed by atoms with Crippen molar-refractivity contribution in [3.8, 4) is 0 Å². The number of aryl methyl sites for hydroxylation is 2. The lowest BCUT2D eigenvalue weighted by molar-refractivity contribution is -0.119. The van der Waals surface area contributed by atoms with Gasteiger partial charge in [0.25, 0.3) is 0 Å². The summed E-state index contributed by atoms with van der Waals surface area (Å²) in [5.41, 5.74) is 4.23. The summed E-state index contributed by atoms with van der Waals surface area (Å²) >= 11 is 0. The summed E-state index contributed by atoms with van der Waals surface area (Å²) < 4.78 is 0. The molecule has 1 aromatic carbocycles. The Labute approximate surface area is 128 Å². The third-order valence-corrected chi connectivity index (χ3v) is 6.50.